The largest absolute Gasteiger partial charge is 0.480 e. The quantitative estimate of drug-likeness (QED) is 0.528. The summed E-state index contributed by atoms with van der Waals surface area (Å²) in [5.74, 6) is -1.48. The summed E-state index contributed by atoms with van der Waals surface area (Å²) >= 11 is 0. The Bertz CT molecular complexity index is 284. The Morgan fingerprint density at radius 2 is 2.00 bits per heavy atom. The fourth-order valence-corrected chi connectivity index (χ4v) is 1.16. The van der Waals surface area contributed by atoms with Crippen molar-refractivity contribution in [2.45, 2.75) is 33.7 Å². The molecule has 0 aromatic heterocycles. The number of carboxylic acid groups (broad SMARTS) is 1. The minimum Gasteiger partial charge on any atom is -0.480 e. The molecule has 0 aromatic rings. The van der Waals surface area contributed by atoms with E-state index in [0.717, 1.165) is 0 Å². The van der Waals surface area contributed by atoms with Gasteiger partial charge in [-0.1, -0.05) is 13.8 Å². The van der Waals surface area contributed by atoms with Crippen LogP contribution in [0, 0.1) is 5.92 Å². The third kappa shape index (κ3) is 5.38. The summed E-state index contributed by atoms with van der Waals surface area (Å²) in [6, 6.07) is -0.703. The van der Waals surface area contributed by atoms with Crippen LogP contribution in [0.4, 0.5) is 0 Å². The lowest BCUT2D eigenvalue weighted by molar-refractivity contribution is -0.141. The number of hydrogen-bond donors (Lipinski definition) is 2. The van der Waals surface area contributed by atoms with Crippen LogP contribution >= 0.6 is 0 Å². The van der Waals surface area contributed by atoms with Crippen LogP contribution in [0.2, 0.25) is 0 Å². The number of carbonyl (C=O) groups excluding carboxylic acids is 1. The molecule has 92 valence electrons. The van der Waals surface area contributed by atoms with Gasteiger partial charge in [0.25, 0.3) is 0 Å². The highest BCUT2D eigenvalue weighted by atomic mass is 16.5. The molecule has 5 heteroatoms. The van der Waals surface area contributed by atoms with E-state index in [-0.39, 0.29) is 5.92 Å². The maximum Gasteiger partial charge on any atom is 0.332 e. The van der Waals surface area contributed by atoms with E-state index in [2.05, 4.69) is 5.32 Å². The number of nitrogens with one attached hydrogen (secondary N) is 1. The number of allylic oxidation sites excluding steroid dienone is 1. The highest BCUT2D eigenvalue weighted by Gasteiger charge is 2.20. The zero-order valence-corrected chi connectivity index (χ0v) is 10.1. The number of carbonyl (C=O) groups is 2. The van der Waals surface area contributed by atoms with Gasteiger partial charge in [0, 0.05) is 11.8 Å². The van der Waals surface area contributed by atoms with E-state index in [9.17, 15) is 9.59 Å². The second-order valence-corrected chi connectivity index (χ2v) is 3.78. The molecule has 0 unspecified atom stereocenters. The first-order chi connectivity index (χ1) is 7.38. The molecule has 2 N–H and O–H groups in total. The van der Waals surface area contributed by atoms with Gasteiger partial charge in [-0.25, -0.2) is 9.59 Å². The first-order valence-electron chi connectivity index (χ1n) is 5.22. The molecule has 0 fully saturated rings. The normalized spacial score (nSPS) is 13.4. The predicted octanol–water partition coefficient (Wildman–Crippen LogP) is 1.15. The third-order valence-corrected chi connectivity index (χ3v) is 1.94. The summed E-state index contributed by atoms with van der Waals surface area (Å²) < 4.78 is 4.71. The van der Waals surface area contributed by atoms with Crippen LogP contribution in [-0.2, 0) is 14.3 Å². The first-order valence-corrected chi connectivity index (χ1v) is 5.22. The lowest BCUT2D eigenvalue weighted by Crippen LogP contribution is -2.40. The Hall–Kier alpha value is -1.52. The van der Waals surface area contributed by atoms with Gasteiger partial charge >= 0.3 is 11.9 Å². The molecule has 0 aliphatic heterocycles. The number of ether oxygens (including phenoxy) is 1. The Balaban J connectivity index is 4.45. The second kappa shape index (κ2) is 6.87. The molecule has 16 heavy (non-hydrogen) atoms. The summed E-state index contributed by atoms with van der Waals surface area (Å²) in [6.45, 7) is 7.24. The molecule has 0 saturated carbocycles. The third-order valence-electron chi connectivity index (χ3n) is 1.94. The molecule has 0 bridgehead atoms. The summed E-state index contributed by atoms with van der Waals surface area (Å²) in [5, 5.41) is 11.7. The fourth-order valence-electron chi connectivity index (χ4n) is 1.16. The average molecular weight is 229 g/mol. The maximum atomic E-state index is 11.1. The zero-order chi connectivity index (χ0) is 12.7. The summed E-state index contributed by atoms with van der Waals surface area (Å²) in [4.78, 5) is 22.0. The van der Waals surface area contributed by atoms with E-state index >= 15 is 0 Å². The minimum absolute atomic E-state index is 0.0666. The SMILES string of the molecule is CCOC(=O)C=C(C)N[C@H](C(=O)O)C(C)C. The van der Waals surface area contributed by atoms with Crippen molar-refractivity contribution in [2.24, 2.45) is 5.92 Å². The standard InChI is InChI=1S/C11H19NO4/c1-5-16-9(13)6-8(4)12-10(7(2)3)11(14)15/h6-7,10,12H,5H2,1-4H3,(H,14,15)/t10-/m0/s1. The molecule has 0 heterocycles. The highest BCUT2D eigenvalue weighted by Crippen LogP contribution is 2.04. The molecule has 0 spiro atoms. The van der Waals surface area contributed by atoms with E-state index in [1.807, 2.05) is 0 Å². The molecule has 0 amide bonds. The summed E-state index contributed by atoms with van der Waals surface area (Å²) in [6.07, 6.45) is 1.25. The molecule has 0 saturated heterocycles. The fraction of sp³-hybridized carbons (Fsp3) is 0.636. The summed E-state index contributed by atoms with van der Waals surface area (Å²) in [7, 11) is 0. The van der Waals surface area contributed by atoms with Gasteiger partial charge in [0.15, 0.2) is 0 Å². The van der Waals surface area contributed by atoms with Gasteiger partial charge in [-0.3, -0.25) is 0 Å². The van der Waals surface area contributed by atoms with Crippen molar-refractivity contribution >= 4 is 11.9 Å². The minimum atomic E-state index is -0.938. The van der Waals surface area contributed by atoms with Crippen molar-refractivity contribution in [3.8, 4) is 0 Å². The molecule has 0 aliphatic carbocycles. The Morgan fingerprint density at radius 1 is 1.44 bits per heavy atom. The van der Waals surface area contributed by atoms with Crippen LogP contribution in [0.1, 0.15) is 27.7 Å². The Labute approximate surface area is 95.5 Å². The smallest absolute Gasteiger partial charge is 0.332 e. The zero-order valence-electron chi connectivity index (χ0n) is 10.1. The van der Waals surface area contributed by atoms with Crippen LogP contribution in [0.25, 0.3) is 0 Å². The van der Waals surface area contributed by atoms with Crippen molar-refractivity contribution in [1.29, 1.82) is 0 Å². The van der Waals surface area contributed by atoms with E-state index in [1.54, 1.807) is 27.7 Å². The van der Waals surface area contributed by atoms with Gasteiger partial charge in [-0.05, 0) is 19.8 Å². The Morgan fingerprint density at radius 3 is 2.38 bits per heavy atom. The van der Waals surface area contributed by atoms with Gasteiger partial charge in [0.2, 0.25) is 0 Å². The van der Waals surface area contributed by atoms with Crippen LogP contribution < -0.4 is 5.32 Å². The van der Waals surface area contributed by atoms with Gasteiger partial charge in [-0.2, -0.15) is 0 Å². The van der Waals surface area contributed by atoms with Gasteiger partial charge in [0.1, 0.15) is 6.04 Å². The maximum absolute atomic E-state index is 11.1. The number of hydrogen-bond acceptors (Lipinski definition) is 4. The van der Waals surface area contributed by atoms with Crippen LogP contribution in [0.3, 0.4) is 0 Å². The lowest BCUT2D eigenvalue weighted by Gasteiger charge is -2.19. The number of aliphatic carboxylic acids is 1. The van der Waals surface area contributed by atoms with Crippen molar-refractivity contribution < 1.29 is 19.4 Å². The van der Waals surface area contributed by atoms with Crippen molar-refractivity contribution in [2.75, 3.05) is 6.61 Å². The van der Waals surface area contributed by atoms with E-state index < -0.39 is 18.0 Å². The highest BCUT2D eigenvalue weighted by molar-refractivity contribution is 5.83. The molecule has 0 aliphatic rings. The van der Waals surface area contributed by atoms with Gasteiger partial charge in [-0.15, -0.1) is 0 Å². The van der Waals surface area contributed by atoms with Crippen LogP contribution in [0.5, 0.6) is 0 Å². The summed E-state index contributed by atoms with van der Waals surface area (Å²) in [5.41, 5.74) is 0.486. The molecular formula is C11H19NO4. The van der Waals surface area contributed by atoms with E-state index in [0.29, 0.717) is 12.3 Å². The topological polar surface area (TPSA) is 75.6 Å². The monoisotopic (exact) mass is 229 g/mol. The van der Waals surface area contributed by atoms with Crippen LogP contribution in [-0.4, -0.2) is 29.7 Å². The number of carboxylic acids is 1. The molecule has 0 aromatic carbocycles. The first kappa shape index (κ1) is 14.5. The molecule has 0 rings (SSSR count). The van der Waals surface area contributed by atoms with Gasteiger partial charge in [0.05, 0.1) is 6.61 Å². The molecule has 5 nitrogen and oxygen atoms in total. The second-order valence-electron chi connectivity index (χ2n) is 3.78. The van der Waals surface area contributed by atoms with Crippen molar-refractivity contribution in [1.82, 2.24) is 5.32 Å². The van der Waals surface area contributed by atoms with E-state index in [4.69, 9.17) is 9.84 Å². The Kier molecular flexibility index (Phi) is 6.22. The van der Waals surface area contributed by atoms with E-state index in [1.165, 1.54) is 6.08 Å². The molecule has 1 atom stereocenters. The van der Waals surface area contributed by atoms with Crippen molar-refractivity contribution in [3.05, 3.63) is 11.8 Å². The lowest BCUT2D eigenvalue weighted by atomic mass is 10.0. The number of rotatable bonds is 6. The van der Waals surface area contributed by atoms with Crippen molar-refractivity contribution in [3.63, 3.8) is 0 Å². The van der Waals surface area contributed by atoms with Gasteiger partial charge < -0.3 is 15.2 Å². The molecule has 0 radical (unpaired) electrons. The van der Waals surface area contributed by atoms with Crippen LogP contribution in [0.15, 0.2) is 11.8 Å². The number of esters is 1. The predicted molar refractivity (Wildman–Crippen MR) is 59.8 cm³/mol. The average Bonchev–Trinajstić information content (AvgIpc) is 2.13. The molecular weight excluding hydrogens is 210 g/mol.